The Labute approximate surface area is 141 Å². The Balaban J connectivity index is 1.96. The van der Waals surface area contributed by atoms with Crippen LogP contribution in [0, 0.1) is 5.41 Å². The van der Waals surface area contributed by atoms with E-state index in [9.17, 15) is 18.0 Å². The summed E-state index contributed by atoms with van der Waals surface area (Å²) >= 11 is 0. The van der Waals surface area contributed by atoms with E-state index in [1.54, 1.807) is 4.90 Å². The molecular weight excluding hydrogens is 323 g/mol. The number of carbonyl (C=O) groups excluding carboxylic acids is 1. The third-order valence-corrected chi connectivity index (χ3v) is 5.83. The van der Waals surface area contributed by atoms with Gasteiger partial charge < -0.3 is 15.4 Å². The van der Waals surface area contributed by atoms with E-state index in [0.29, 0.717) is 13.0 Å². The van der Waals surface area contributed by atoms with E-state index < -0.39 is 23.2 Å². The van der Waals surface area contributed by atoms with Crippen molar-refractivity contribution in [2.45, 2.75) is 58.0 Å². The van der Waals surface area contributed by atoms with E-state index in [1.807, 2.05) is 20.8 Å². The van der Waals surface area contributed by atoms with E-state index in [0.717, 1.165) is 6.92 Å². The number of alkyl halides is 3. The summed E-state index contributed by atoms with van der Waals surface area (Å²) in [6, 6.07) is -1.50. The molecule has 5 nitrogen and oxygen atoms in total. The van der Waals surface area contributed by atoms with E-state index in [4.69, 9.17) is 10.5 Å². The van der Waals surface area contributed by atoms with Crippen molar-refractivity contribution < 1.29 is 22.7 Å². The van der Waals surface area contributed by atoms with Crippen LogP contribution in [0.5, 0.6) is 0 Å². The molecule has 2 aliphatic rings. The highest BCUT2D eigenvalue weighted by atomic mass is 19.4. The Morgan fingerprint density at radius 3 is 2.25 bits per heavy atom. The molecule has 0 bridgehead atoms. The van der Waals surface area contributed by atoms with Gasteiger partial charge in [-0.25, -0.2) is 0 Å². The summed E-state index contributed by atoms with van der Waals surface area (Å²) in [4.78, 5) is 15.8. The van der Waals surface area contributed by atoms with Gasteiger partial charge in [0.2, 0.25) is 5.91 Å². The normalized spacial score (nSPS) is 32.3. The molecule has 0 aromatic carbocycles. The van der Waals surface area contributed by atoms with Gasteiger partial charge in [-0.15, -0.1) is 0 Å². The molecule has 0 aromatic heterocycles. The Morgan fingerprint density at radius 2 is 1.83 bits per heavy atom. The predicted molar refractivity (Wildman–Crippen MR) is 84.4 cm³/mol. The predicted octanol–water partition coefficient (Wildman–Crippen LogP) is 1.61. The molecule has 0 aromatic rings. The van der Waals surface area contributed by atoms with Gasteiger partial charge in [-0.1, -0.05) is 13.8 Å². The van der Waals surface area contributed by atoms with Crippen molar-refractivity contribution in [3.05, 3.63) is 0 Å². The molecule has 2 fully saturated rings. The molecule has 2 N–H and O–H groups in total. The smallest absolute Gasteiger partial charge is 0.378 e. The molecule has 0 spiro atoms. The van der Waals surface area contributed by atoms with Crippen LogP contribution in [0.15, 0.2) is 0 Å². The molecule has 0 radical (unpaired) electrons. The van der Waals surface area contributed by atoms with Gasteiger partial charge in [0.1, 0.15) is 11.6 Å². The van der Waals surface area contributed by atoms with Gasteiger partial charge in [0, 0.05) is 44.6 Å². The van der Waals surface area contributed by atoms with Crippen LogP contribution >= 0.6 is 0 Å². The van der Waals surface area contributed by atoms with Gasteiger partial charge in [0.15, 0.2) is 0 Å². The van der Waals surface area contributed by atoms with Crippen molar-refractivity contribution in [1.82, 2.24) is 9.80 Å². The number of hydrogen-bond donors (Lipinski definition) is 1. The molecule has 1 amide bonds. The maximum atomic E-state index is 12.8. The summed E-state index contributed by atoms with van der Waals surface area (Å²) in [5, 5.41) is 0. The summed E-state index contributed by atoms with van der Waals surface area (Å²) in [6.45, 7) is 8.40. The lowest BCUT2D eigenvalue weighted by atomic mass is 9.54. The van der Waals surface area contributed by atoms with E-state index in [1.165, 1.54) is 4.90 Å². The van der Waals surface area contributed by atoms with Crippen LogP contribution in [0.4, 0.5) is 13.2 Å². The minimum absolute atomic E-state index is 0.0667. The lowest BCUT2D eigenvalue weighted by molar-refractivity contribution is -0.189. The fraction of sp³-hybridized carbons (Fsp3) is 0.938. The third-order valence-electron chi connectivity index (χ3n) is 5.83. The largest absolute Gasteiger partial charge is 0.403 e. The first-order chi connectivity index (χ1) is 10.9. The second-order valence-electron chi connectivity index (χ2n) is 7.39. The Hall–Kier alpha value is -0.860. The average Bonchev–Trinajstić information content (AvgIpc) is 2.52. The van der Waals surface area contributed by atoms with Gasteiger partial charge >= 0.3 is 6.18 Å². The first-order valence-corrected chi connectivity index (χ1v) is 8.45. The number of ether oxygens (including phenoxy) is 1. The van der Waals surface area contributed by atoms with Crippen LogP contribution in [-0.4, -0.2) is 72.4 Å². The van der Waals surface area contributed by atoms with Crippen molar-refractivity contribution in [2.75, 3.05) is 32.8 Å². The van der Waals surface area contributed by atoms with Crippen LogP contribution in [0.1, 0.15) is 34.1 Å². The number of hydrogen-bond acceptors (Lipinski definition) is 4. The Morgan fingerprint density at radius 1 is 1.29 bits per heavy atom. The van der Waals surface area contributed by atoms with E-state index in [-0.39, 0.29) is 38.2 Å². The molecule has 1 aliphatic heterocycles. The zero-order chi connectivity index (χ0) is 18.3. The average molecular weight is 351 g/mol. The number of halogens is 3. The number of piperazine rings is 1. The minimum Gasteiger partial charge on any atom is -0.378 e. The molecule has 3 atom stereocenters. The van der Waals surface area contributed by atoms with E-state index in [2.05, 4.69) is 0 Å². The maximum absolute atomic E-state index is 12.8. The Kier molecular flexibility index (Phi) is 5.24. The van der Waals surface area contributed by atoms with Gasteiger partial charge in [-0.2, -0.15) is 13.2 Å². The van der Waals surface area contributed by atoms with Crippen molar-refractivity contribution in [1.29, 1.82) is 0 Å². The number of carbonyl (C=O) groups is 1. The fourth-order valence-electron chi connectivity index (χ4n) is 3.60. The lowest BCUT2D eigenvalue weighted by Crippen LogP contribution is -2.76. The number of nitrogens with two attached hydrogens (primary N) is 1. The standard InChI is InChI=1S/C16H28F3N3O2/c1-5-24-12-10-15(20,14(12,3)4)13(23)22-8-6-21(7-9-22)11(2)16(17,18)19/h11-12H,5-10,20H2,1-4H3. The molecule has 2 rings (SSSR count). The molecule has 1 saturated carbocycles. The number of amides is 1. The highest BCUT2D eigenvalue weighted by molar-refractivity contribution is 5.89. The summed E-state index contributed by atoms with van der Waals surface area (Å²) in [7, 11) is 0. The van der Waals surface area contributed by atoms with Gasteiger partial charge in [-0.3, -0.25) is 9.69 Å². The number of rotatable bonds is 4. The quantitative estimate of drug-likeness (QED) is 0.836. The van der Waals surface area contributed by atoms with Gasteiger partial charge in [-0.05, 0) is 13.8 Å². The summed E-state index contributed by atoms with van der Waals surface area (Å²) < 4.78 is 44.0. The zero-order valence-electron chi connectivity index (χ0n) is 14.8. The molecule has 1 saturated heterocycles. The van der Waals surface area contributed by atoms with Crippen LogP contribution in [0.25, 0.3) is 0 Å². The third kappa shape index (κ3) is 3.15. The fourth-order valence-corrected chi connectivity index (χ4v) is 3.60. The number of nitrogens with zero attached hydrogens (tertiary/aromatic N) is 2. The molecule has 140 valence electrons. The molecule has 1 aliphatic carbocycles. The maximum Gasteiger partial charge on any atom is 0.403 e. The first kappa shape index (κ1) is 19.5. The van der Waals surface area contributed by atoms with Gasteiger partial charge in [0.05, 0.1) is 6.10 Å². The molecule has 24 heavy (non-hydrogen) atoms. The topological polar surface area (TPSA) is 58.8 Å². The second kappa shape index (κ2) is 6.46. The second-order valence-corrected chi connectivity index (χ2v) is 7.39. The van der Waals surface area contributed by atoms with Crippen molar-refractivity contribution in [2.24, 2.45) is 11.1 Å². The Bertz CT molecular complexity index is 476. The first-order valence-electron chi connectivity index (χ1n) is 8.45. The van der Waals surface area contributed by atoms with Crippen LogP contribution in [-0.2, 0) is 9.53 Å². The van der Waals surface area contributed by atoms with Crippen molar-refractivity contribution in [3.63, 3.8) is 0 Å². The monoisotopic (exact) mass is 351 g/mol. The lowest BCUT2D eigenvalue weighted by Gasteiger charge is -2.59. The summed E-state index contributed by atoms with van der Waals surface area (Å²) in [5.74, 6) is -0.178. The molecule has 3 unspecified atom stereocenters. The molecule has 1 heterocycles. The zero-order valence-corrected chi connectivity index (χ0v) is 14.8. The van der Waals surface area contributed by atoms with Crippen LogP contribution in [0.3, 0.4) is 0 Å². The van der Waals surface area contributed by atoms with Gasteiger partial charge in [0.25, 0.3) is 0 Å². The highest BCUT2D eigenvalue weighted by Crippen LogP contribution is 2.50. The summed E-state index contributed by atoms with van der Waals surface area (Å²) in [6.07, 6.45) is -3.86. The van der Waals surface area contributed by atoms with E-state index >= 15 is 0 Å². The summed E-state index contributed by atoms with van der Waals surface area (Å²) in [5.41, 5.74) is 4.88. The van der Waals surface area contributed by atoms with Crippen LogP contribution in [0.2, 0.25) is 0 Å². The highest BCUT2D eigenvalue weighted by Gasteiger charge is 2.63. The SMILES string of the molecule is CCOC1CC(N)(C(=O)N2CCN(C(C)C(F)(F)F)CC2)C1(C)C. The minimum atomic E-state index is -4.25. The van der Waals surface area contributed by atoms with Crippen LogP contribution < -0.4 is 5.73 Å². The van der Waals surface area contributed by atoms with Crippen molar-refractivity contribution >= 4 is 5.91 Å². The van der Waals surface area contributed by atoms with Crippen molar-refractivity contribution in [3.8, 4) is 0 Å². The molecular formula is C16H28F3N3O2. The molecule has 8 heteroatoms.